The van der Waals surface area contributed by atoms with Crippen LogP contribution in [-0.4, -0.2) is 0 Å². The molecule has 1 atom stereocenters. The monoisotopic (exact) mass is 304 g/mol. The standard InChI is InChI=1S/C21H20S/c1-4-5-12-18-16(2)22-20-15-21(3,14-9-13-19(18)20)17-10-7-6-8-11-17/h4-15H,1H2,2-3H3/b12-5-. The second-order valence-corrected chi connectivity index (χ2v) is 7.02. The Morgan fingerprint density at radius 3 is 2.68 bits per heavy atom. The second-order valence-electron chi connectivity index (χ2n) is 5.76. The Hall–Kier alpha value is -2.12. The lowest BCUT2D eigenvalue weighted by molar-refractivity contribution is 0.806. The van der Waals surface area contributed by atoms with Crippen LogP contribution >= 0.6 is 11.3 Å². The van der Waals surface area contributed by atoms with Crippen LogP contribution in [0.1, 0.15) is 22.9 Å². The first-order chi connectivity index (χ1) is 10.6. The maximum atomic E-state index is 3.77. The average Bonchev–Trinajstić information content (AvgIpc) is 2.70. The van der Waals surface area contributed by atoms with Crippen molar-refractivity contribution in [3.8, 4) is 0 Å². The maximum Gasteiger partial charge on any atom is 0.0323 e. The van der Waals surface area contributed by atoms with Gasteiger partial charge < -0.3 is 0 Å². The number of benzene rings is 1. The highest BCUT2D eigenvalue weighted by Crippen LogP contribution is 2.28. The number of hydrogen-bond donors (Lipinski definition) is 0. The first-order valence-electron chi connectivity index (χ1n) is 7.50. The topological polar surface area (TPSA) is 0 Å². The van der Waals surface area contributed by atoms with E-state index in [1.54, 1.807) is 0 Å². The Morgan fingerprint density at radius 1 is 1.18 bits per heavy atom. The first kappa shape index (κ1) is 14.8. The van der Waals surface area contributed by atoms with E-state index in [1.807, 2.05) is 23.5 Å². The van der Waals surface area contributed by atoms with Gasteiger partial charge in [-0.25, -0.2) is 0 Å². The molecule has 1 heterocycles. The largest absolute Gasteiger partial charge is 0.140 e. The number of hydrogen-bond acceptors (Lipinski definition) is 1. The Labute approximate surface area is 136 Å². The fourth-order valence-electron chi connectivity index (χ4n) is 2.89. The highest BCUT2D eigenvalue weighted by atomic mass is 32.1. The Balaban J connectivity index is 2.22. The molecule has 0 amide bonds. The molecule has 1 aliphatic carbocycles. The van der Waals surface area contributed by atoms with Crippen molar-refractivity contribution in [1.82, 2.24) is 0 Å². The van der Waals surface area contributed by atoms with Crippen molar-refractivity contribution < 1.29 is 0 Å². The number of thiophene rings is 1. The van der Waals surface area contributed by atoms with Crippen LogP contribution in [0.5, 0.6) is 0 Å². The molecule has 2 aromatic rings. The van der Waals surface area contributed by atoms with Crippen LogP contribution in [0.3, 0.4) is 0 Å². The Bertz CT molecular complexity index is 863. The zero-order valence-electron chi connectivity index (χ0n) is 13.0. The van der Waals surface area contributed by atoms with Gasteiger partial charge in [-0.3, -0.25) is 0 Å². The summed E-state index contributed by atoms with van der Waals surface area (Å²) in [5, 5.41) is 1.32. The van der Waals surface area contributed by atoms with E-state index in [-0.39, 0.29) is 5.41 Å². The molecule has 0 nitrogen and oxygen atoms in total. The number of aryl methyl sites for hydroxylation is 1. The SMILES string of the molecule is C=C/C=C\c1c(C)sc2c1=CC=CC(C)(c1ccccc1)C=2. The van der Waals surface area contributed by atoms with Crippen molar-refractivity contribution >= 4 is 29.6 Å². The molecule has 0 saturated heterocycles. The molecule has 3 rings (SSSR count). The molecule has 0 spiro atoms. The van der Waals surface area contributed by atoms with Crippen molar-refractivity contribution in [2.75, 3.05) is 0 Å². The molecule has 0 saturated carbocycles. The fourth-order valence-corrected chi connectivity index (χ4v) is 4.10. The Morgan fingerprint density at radius 2 is 1.95 bits per heavy atom. The predicted molar refractivity (Wildman–Crippen MR) is 99.4 cm³/mol. The van der Waals surface area contributed by atoms with Gasteiger partial charge in [0.05, 0.1) is 0 Å². The normalized spacial score (nSPS) is 20.1. The van der Waals surface area contributed by atoms with Crippen molar-refractivity contribution in [3.63, 3.8) is 0 Å². The molecule has 0 fully saturated rings. The van der Waals surface area contributed by atoms with Crippen molar-refractivity contribution in [3.05, 3.63) is 87.0 Å². The van der Waals surface area contributed by atoms with Crippen molar-refractivity contribution in [2.45, 2.75) is 19.3 Å². The quantitative estimate of drug-likeness (QED) is 0.740. The zero-order chi connectivity index (χ0) is 15.6. The summed E-state index contributed by atoms with van der Waals surface area (Å²) in [6.07, 6.45) is 15.1. The zero-order valence-corrected chi connectivity index (χ0v) is 13.9. The van der Waals surface area contributed by atoms with Gasteiger partial charge in [-0.05, 0) is 30.2 Å². The van der Waals surface area contributed by atoms with Gasteiger partial charge in [0.25, 0.3) is 0 Å². The van der Waals surface area contributed by atoms with Crippen LogP contribution in [0.15, 0.2) is 61.2 Å². The minimum absolute atomic E-state index is 0.0697. The van der Waals surface area contributed by atoms with Gasteiger partial charge in [-0.15, -0.1) is 11.3 Å². The van der Waals surface area contributed by atoms with E-state index < -0.39 is 0 Å². The molecule has 0 radical (unpaired) electrons. The van der Waals surface area contributed by atoms with E-state index in [9.17, 15) is 0 Å². The lowest BCUT2D eigenvalue weighted by atomic mass is 9.82. The molecule has 110 valence electrons. The second kappa shape index (κ2) is 5.94. The van der Waals surface area contributed by atoms with E-state index in [4.69, 9.17) is 0 Å². The lowest BCUT2D eigenvalue weighted by Gasteiger charge is -2.21. The molecule has 1 aromatic heterocycles. The molecule has 1 aromatic carbocycles. The summed E-state index contributed by atoms with van der Waals surface area (Å²) in [4.78, 5) is 1.35. The van der Waals surface area contributed by atoms with Crippen molar-refractivity contribution in [1.29, 1.82) is 0 Å². The van der Waals surface area contributed by atoms with E-state index >= 15 is 0 Å². The highest BCUT2D eigenvalue weighted by molar-refractivity contribution is 7.10. The molecule has 0 bridgehead atoms. The van der Waals surface area contributed by atoms with Gasteiger partial charge in [0.15, 0.2) is 0 Å². The van der Waals surface area contributed by atoms with Crippen LogP contribution in [0.25, 0.3) is 18.2 Å². The summed E-state index contributed by atoms with van der Waals surface area (Å²) in [5.74, 6) is 0. The molecule has 1 heteroatoms. The third-order valence-electron chi connectivity index (χ3n) is 4.13. The van der Waals surface area contributed by atoms with Crippen LogP contribution < -0.4 is 9.75 Å². The summed E-state index contributed by atoms with van der Waals surface area (Å²) in [6.45, 7) is 8.23. The van der Waals surface area contributed by atoms with E-state index in [0.29, 0.717) is 0 Å². The molecule has 22 heavy (non-hydrogen) atoms. The molecule has 1 unspecified atom stereocenters. The minimum Gasteiger partial charge on any atom is -0.140 e. The van der Waals surface area contributed by atoms with Gasteiger partial charge in [-0.1, -0.05) is 79.4 Å². The van der Waals surface area contributed by atoms with E-state index in [1.165, 1.54) is 25.8 Å². The van der Waals surface area contributed by atoms with E-state index in [0.717, 1.165) is 0 Å². The number of fused-ring (bicyclic) bond motifs is 1. The smallest absolute Gasteiger partial charge is 0.0323 e. The fraction of sp³-hybridized carbons (Fsp3) is 0.143. The highest BCUT2D eigenvalue weighted by Gasteiger charge is 2.21. The number of allylic oxidation sites excluding steroid dienone is 4. The summed E-state index contributed by atoms with van der Waals surface area (Å²) in [5.41, 5.74) is 2.56. The van der Waals surface area contributed by atoms with Crippen LogP contribution in [0, 0.1) is 6.92 Å². The average molecular weight is 304 g/mol. The summed E-state index contributed by atoms with van der Waals surface area (Å²) >= 11 is 1.87. The molecule has 0 N–H and O–H groups in total. The molecular formula is C21H20S. The molecular weight excluding hydrogens is 284 g/mol. The van der Waals surface area contributed by atoms with Gasteiger partial charge in [-0.2, -0.15) is 0 Å². The third kappa shape index (κ3) is 2.65. The van der Waals surface area contributed by atoms with Gasteiger partial charge in [0, 0.05) is 14.8 Å². The van der Waals surface area contributed by atoms with Gasteiger partial charge in [0.1, 0.15) is 0 Å². The van der Waals surface area contributed by atoms with Gasteiger partial charge in [0.2, 0.25) is 0 Å². The third-order valence-corrected chi connectivity index (χ3v) is 5.21. The number of rotatable bonds is 3. The summed E-state index contributed by atoms with van der Waals surface area (Å²) in [6, 6.07) is 10.7. The Kier molecular flexibility index (Phi) is 4.00. The van der Waals surface area contributed by atoms with Crippen molar-refractivity contribution in [2.24, 2.45) is 0 Å². The van der Waals surface area contributed by atoms with Crippen LogP contribution in [0.2, 0.25) is 0 Å². The summed E-state index contributed by atoms with van der Waals surface area (Å²) in [7, 11) is 0. The lowest BCUT2D eigenvalue weighted by Crippen LogP contribution is -2.24. The van der Waals surface area contributed by atoms with Gasteiger partial charge >= 0.3 is 0 Å². The molecule has 0 aliphatic heterocycles. The van der Waals surface area contributed by atoms with Crippen LogP contribution in [0.4, 0.5) is 0 Å². The predicted octanol–water partition coefficient (Wildman–Crippen LogP) is 4.34. The maximum absolute atomic E-state index is 3.77. The molecule has 1 aliphatic rings. The first-order valence-corrected chi connectivity index (χ1v) is 8.32. The van der Waals surface area contributed by atoms with E-state index in [2.05, 4.69) is 81.1 Å². The van der Waals surface area contributed by atoms with Crippen LogP contribution in [-0.2, 0) is 5.41 Å². The minimum atomic E-state index is -0.0697. The summed E-state index contributed by atoms with van der Waals surface area (Å²) < 4.78 is 1.34.